The lowest BCUT2D eigenvalue weighted by atomic mass is 9.96. The second kappa shape index (κ2) is 8.20. The first kappa shape index (κ1) is 18.9. The van der Waals surface area contributed by atoms with E-state index in [0.717, 1.165) is 25.7 Å². The molecular formula is C19H23N3O5. The average Bonchev–Trinajstić information content (AvgIpc) is 3.29. The van der Waals surface area contributed by atoms with Crippen molar-refractivity contribution in [1.29, 1.82) is 0 Å². The molecule has 1 atom stereocenters. The summed E-state index contributed by atoms with van der Waals surface area (Å²) in [4.78, 5) is 41.7. The molecular weight excluding hydrogens is 350 g/mol. The number of hydrogen-bond donors (Lipinski definition) is 2. The van der Waals surface area contributed by atoms with Crippen LogP contribution in [0.15, 0.2) is 30.2 Å². The predicted octanol–water partition coefficient (Wildman–Crippen LogP) is 2.04. The smallest absolute Gasteiger partial charge is 0.337 e. The maximum Gasteiger partial charge on any atom is 0.337 e. The van der Waals surface area contributed by atoms with Crippen molar-refractivity contribution in [2.24, 2.45) is 5.92 Å². The van der Waals surface area contributed by atoms with Gasteiger partial charge in [0.2, 0.25) is 5.91 Å². The molecule has 0 saturated heterocycles. The highest BCUT2D eigenvalue weighted by Crippen LogP contribution is 2.31. The molecule has 1 aliphatic heterocycles. The molecule has 27 heavy (non-hydrogen) atoms. The number of anilines is 1. The SMILES string of the molecule is COC1=CC(=O)N([C@@H](CC2CCCC2)C(=O)Nc2ccc(C(=O)O)cn2)C1. The van der Waals surface area contributed by atoms with E-state index in [4.69, 9.17) is 9.84 Å². The molecule has 0 spiro atoms. The molecule has 2 N–H and O–H groups in total. The minimum absolute atomic E-state index is 0.0409. The average molecular weight is 373 g/mol. The van der Waals surface area contributed by atoms with E-state index in [-0.39, 0.29) is 29.7 Å². The van der Waals surface area contributed by atoms with E-state index < -0.39 is 12.0 Å². The quantitative estimate of drug-likeness (QED) is 0.757. The standard InChI is InChI=1S/C19H23N3O5/c1-27-14-9-17(23)22(11-14)15(8-12-4-2-3-5-12)18(24)21-16-7-6-13(10-20-16)19(25)26/h6-7,9-10,12,15H,2-5,8,11H2,1H3,(H,25,26)(H,20,21,24)/t15-/m0/s1. The Morgan fingerprint density at radius 3 is 2.67 bits per heavy atom. The summed E-state index contributed by atoms with van der Waals surface area (Å²) in [5, 5.41) is 11.6. The summed E-state index contributed by atoms with van der Waals surface area (Å²) in [6.07, 6.45) is 7.60. The van der Waals surface area contributed by atoms with Crippen LogP contribution in [0.4, 0.5) is 5.82 Å². The van der Waals surface area contributed by atoms with Gasteiger partial charge < -0.3 is 20.1 Å². The van der Waals surface area contributed by atoms with Gasteiger partial charge in [0.1, 0.15) is 17.6 Å². The summed E-state index contributed by atoms with van der Waals surface area (Å²) in [5.74, 6) is -0.445. The number of carbonyl (C=O) groups is 3. The Balaban J connectivity index is 1.73. The molecule has 1 saturated carbocycles. The van der Waals surface area contributed by atoms with E-state index in [2.05, 4.69) is 10.3 Å². The molecule has 1 fully saturated rings. The number of carboxylic acids is 1. The summed E-state index contributed by atoms with van der Waals surface area (Å²) in [6, 6.07) is 2.20. The van der Waals surface area contributed by atoms with E-state index in [1.54, 1.807) is 0 Å². The van der Waals surface area contributed by atoms with Gasteiger partial charge in [-0.05, 0) is 24.5 Å². The summed E-state index contributed by atoms with van der Waals surface area (Å²) < 4.78 is 5.16. The fraction of sp³-hybridized carbons (Fsp3) is 0.474. The van der Waals surface area contributed by atoms with Crippen molar-refractivity contribution in [3.8, 4) is 0 Å². The Morgan fingerprint density at radius 2 is 2.11 bits per heavy atom. The number of carboxylic acid groups (broad SMARTS) is 1. The number of nitrogens with one attached hydrogen (secondary N) is 1. The van der Waals surface area contributed by atoms with Crippen LogP contribution >= 0.6 is 0 Å². The molecule has 3 rings (SSSR count). The van der Waals surface area contributed by atoms with Crippen molar-refractivity contribution in [3.05, 3.63) is 35.7 Å². The van der Waals surface area contributed by atoms with Crippen LogP contribution in [-0.4, -0.2) is 52.5 Å². The van der Waals surface area contributed by atoms with Crippen LogP contribution in [-0.2, 0) is 14.3 Å². The third-order valence-electron chi connectivity index (χ3n) is 5.13. The number of pyridine rings is 1. The summed E-state index contributed by atoms with van der Waals surface area (Å²) in [5.41, 5.74) is 0.0409. The monoisotopic (exact) mass is 373 g/mol. The first-order chi connectivity index (χ1) is 13.0. The second-order valence-electron chi connectivity index (χ2n) is 6.91. The maximum atomic E-state index is 12.9. The van der Waals surface area contributed by atoms with Gasteiger partial charge >= 0.3 is 5.97 Å². The number of ether oxygens (including phenoxy) is 1. The molecule has 1 aliphatic carbocycles. The largest absolute Gasteiger partial charge is 0.499 e. The number of nitrogens with zero attached hydrogens (tertiary/aromatic N) is 2. The van der Waals surface area contributed by atoms with Crippen molar-refractivity contribution in [2.45, 2.75) is 38.1 Å². The Hall–Kier alpha value is -2.90. The fourth-order valence-electron chi connectivity index (χ4n) is 3.64. The van der Waals surface area contributed by atoms with Gasteiger partial charge in [0, 0.05) is 12.3 Å². The maximum absolute atomic E-state index is 12.9. The third kappa shape index (κ3) is 4.45. The molecule has 2 heterocycles. The molecule has 0 radical (unpaired) electrons. The topological polar surface area (TPSA) is 109 Å². The lowest BCUT2D eigenvalue weighted by Gasteiger charge is -2.29. The Bertz CT molecular complexity index is 753. The van der Waals surface area contributed by atoms with Crippen LogP contribution in [0.1, 0.15) is 42.5 Å². The van der Waals surface area contributed by atoms with Crippen molar-refractivity contribution in [1.82, 2.24) is 9.88 Å². The predicted molar refractivity (Wildman–Crippen MR) is 97.0 cm³/mol. The highest BCUT2D eigenvalue weighted by Gasteiger charge is 2.36. The van der Waals surface area contributed by atoms with Gasteiger partial charge in [-0.2, -0.15) is 0 Å². The van der Waals surface area contributed by atoms with Gasteiger partial charge in [0.25, 0.3) is 5.91 Å². The molecule has 144 valence electrons. The summed E-state index contributed by atoms with van der Waals surface area (Å²) >= 11 is 0. The van der Waals surface area contributed by atoms with Gasteiger partial charge in [-0.15, -0.1) is 0 Å². The first-order valence-electron chi connectivity index (χ1n) is 9.03. The van der Waals surface area contributed by atoms with Crippen LogP contribution < -0.4 is 5.32 Å². The van der Waals surface area contributed by atoms with E-state index in [9.17, 15) is 14.4 Å². The Labute approximate surface area is 157 Å². The molecule has 0 unspecified atom stereocenters. The number of methoxy groups -OCH3 is 1. The first-order valence-corrected chi connectivity index (χ1v) is 9.03. The van der Waals surface area contributed by atoms with Crippen LogP contribution in [0, 0.1) is 5.92 Å². The summed E-state index contributed by atoms with van der Waals surface area (Å²) in [6.45, 7) is 0.269. The molecule has 0 aromatic carbocycles. The number of rotatable bonds is 7. The zero-order valence-corrected chi connectivity index (χ0v) is 15.2. The van der Waals surface area contributed by atoms with E-state index in [0.29, 0.717) is 18.1 Å². The number of aromatic carboxylic acids is 1. The van der Waals surface area contributed by atoms with Gasteiger partial charge in [0.15, 0.2) is 0 Å². The van der Waals surface area contributed by atoms with Gasteiger partial charge in [-0.1, -0.05) is 25.7 Å². The van der Waals surface area contributed by atoms with Crippen LogP contribution in [0.2, 0.25) is 0 Å². The molecule has 0 bridgehead atoms. The highest BCUT2D eigenvalue weighted by molar-refractivity contribution is 6.00. The Kier molecular flexibility index (Phi) is 5.73. The molecule has 8 heteroatoms. The van der Waals surface area contributed by atoms with E-state index in [1.807, 2.05) is 0 Å². The Morgan fingerprint density at radius 1 is 1.37 bits per heavy atom. The molecule has 1 aromatic heterocycles. The lowest BCUT2D eigenvalue weighted by Crippen LogP contribution is -2.46. The summed E-state index contributed by atoms with van der Waals surface area (Å²) in [7, 11) is 1.50. The molecule has 8 nitrogen and oxygen atoms in total. The van der Waals surface area contributed by atoms with Crippen molar-refractivity contribution < 1.29 is 24.2 Å². The fourth-order valence-corrected chi connectivity index (χ4v) is 3.64. The zero-order valence-electron chi connectivity index (χ0n) is 15.2. The number of aromatic nitrogens is 1. The normalized spacial score (nSPS) is 18.3. The third-order valence-corrected chi connectivity index (χ3v) is 5.13. The van der Waals surface area contributed by atoms with Crippen LogP contribution in [0.25, 0.3) is 0 Å². The van der Waals surface area contributed by atoms with Gasteiger partial charge in [0.05, 0.1) is 19.2 Å². The van der Waals surface area contributed by atoms with Gasteiger partial charge in [-0.25, -0.2) is 9.78 Å². The molecule has 1 aromatic rings. The minimum Gasteiger partial charge on any atom is -0.499 e. The number of hydrogen-bond acceptors (Lipinski definition) is 5. The number of amides is 2. The van der Waals surface area contributed by atoms with Gasteiger partial charge in [-0.3, -0.25) is 9.59 Å². The minimum atomic E-state index is -1.08. The number of carbonyl (C=O) groups excluding carboxylic acids is 2. The van der Waals surface area contributed by atoms with Crippen LogP contribution in [0.5, 0.6) is 0 Å². The lowest BCUT2D eigenvalue weighted by molar-refractivity contribution is -0.134. The van der Waals surface area contributed by atoms with Crippen molar-refractivity contribution >= 4 is 23.6 Å². The van der Waals surface area contributed by atoms with Crippen molar-refractivity contribution in [2.75, 3.05) is 19.0 Å². The molecule has 2 amide bonds. The van der Waals surface area contributed by atoms with Crippen molar-refractivity contribution in [3.63, 3.8) is 0 Å². The second-order valence-corrected chi connectivity index (χ2v) is 6.91. The van der Waals surface area contributed by atoms with E-state index >= 15 is 0 Å². The van der Waals surface area contributed by atoms with Crippen LogP contribution in [0.3, 0.4) is 0 Å². The highest BCUT2D eigenvalue weighted by atomic mass is 16.5. The molecule has 2 aliphatic rings. The zero-order chi connectivity index (χ0) is 19.4. The van der Waals surface area contributed by atoms with E-state index in [1.165, 1.54) is 36.4 Å².